The third kappa shape index (κ3) is 2.58. The molecule has 2 atom stereocenters. The van der Waals surface area contributed by atoms with Crippen molar-refractivity contribution < 1.29 is 9.47 Å². The molecule has 102 valence electrons. The Morgan fingerprint density at radius 1 is 1.00 bits per heavy atom. The summed E-state index contributed by atoms with van der Waals surface area (Å²) in [6.07, 6.45) is -0.0717. The second-order valence-corrected chi connectivity index (χ2v) is 4.77. The van der Waals surface area contributed by atoms with Gasteiger partial charge in [0.1, 0.15) is 6.04 Å². The Bertz CT molecular complexity index is 580. The quantitative estimate of drug-likeness (QED) is 0.851. The molecule has 3 nitrogen and oxygen atoms in total. The van der Waals surface area contributed by atoms with Crippen molar-refractivity contribution in [1.29, 1.82) is 0 Å². The van der Waals surface area contributed by atoms with Crippen molar-refractivity contribution in [2.75, 3.05) is 13.7 Å². The van der Waals surface area contributed by atoms with Crippen LogP contribution in [0.5, 0.6) is 0 Å². The fraction of sp³-hybridized carbons (Fsp3) is 0.235. The highest BCUT2D eigenvalue weighted by Gasteiger charge is 2.32. The fourth-order valence-corrected chi connectivity index (χ4v) is 2.40. The maximum atomic E-state index is 5.98. The van der Waals surface area contributed by atoms with Crippen molar-refractivity contribution in [3.8, 4) is 0 Å². The Morgan fingerprint density at radius 3 is 2.30 bits per heavy atom. The van der Waals surface area contributed by atoms with Gasteiger partial charge in [-0.2, -0.15) is 0 Å². The molecule has 0 fully saturated rings. The lowest BCUT2D eigenvalue weighted by molar-refractivity contribution is 0.0741. The molecular formula is C17H17NO2. The van der Waals surface area contributed by atoms with Crippen LogP contribution in [0.4, 0.5) is 0 Å². The highest BCUT2D eigenvalue weighted by molar-refractivity contribution is 5.95. The molecule has 2 aromatic rings. The van der Waals surface area contributed by atoms with Gasteiger partial charge in [0.05, 0.1) is 6.61 Å². The molecular weight excluding hydrogens is 250 g/mol. The lowest BCUT2D eigenvalue weighted by Crippen LogP contribution is -2.22. The van der Waals surface area contributed by atoms with Crippen LogP contribution in [0.2, 0.25) is 0 Å². The Balaban J connectivity index is 1.91. The molecule has 1 heterocycles. The van der Waals surface area contributed by atoms with Crippen molar-refractivity contribution in [2.24, 2.45) is 4.99 Å². The molecule has 0 N–H and O–H groups in total. The zero-order chi connectivity index (χ0) is 13.8. The third-order valence-corrected chi connectivity index (χ3v) is 3.36. The highest BCUT2D eigenvalue weighted by Crippen LogP contribution is 2.31. The number of nitrogens with zero attached hydrogens (tertiary/aromatic N) is 1. The maximum absolute atomic E-state index is 5.98. The molecule has 0 amide bonds. The molecule has 3 heteroatoms. The van der Waals surface area contributed by atoms with Gasteiger partial charge in [-0.3, -0.25) is 0 Å². The summed E-state index contributed by atoms with van der Waals surface area (Å²) in [5, 5.41) is 0. The third-order valence-electron chi connectivity index (χ3n) is 3.36. The predicted octanol–water partition coefficient (Wildman–Crippen LogP) is 3.22. The van der Waals surface area contributed by atoms with E-state index in [1.165, 1.54) is 0 Å². The number of methoxy groups -OCH3 is 1. The second-order valence-electron chi connectivity index (χ2n) is 4.77. The van der Waals surface area contributed by atoms with Gasteiger partial charge < -0.3 is 9.47 Å². The van der Waals surface area contributed by atoms with Crippen LogP contribution in [0.3, 0.4) is 0 Å². The molecule has 1 aliphatic heterocycles. The molecule has 0 aliphatic carbocycles. The van der Waals surface area contributed by atoms with Crippen molar-refractivity contribution in [2.45, 2.75) is 12.1 Å². The fourth-order valence-electron chi connectivity index (χ4n) is 2.40. The monoisotopic (exact) mass is 267 g/mol. The maximum Gasteiger partial charge on any atom is 0.217 e. The number of benzene rings is 2. The van der Waals surface area contributed by atoms with E-state index in [1.54, 1.807) is 7.11 Å². The Morgan fingerprint density at radius 2 is 1.65 bits per heavy atom. The minimum Gasteiger partial charge on any atom is -0.469 e. The van der Waals surface area contributed by atoms with E-state index in [9.17, 15) is 0 Å². The number of aliphatic imine (C=N–C) groups is 1. The number of hydrogen-bond donors (Lipinski definition) is 0. The molecule has 0 aromatic heterocycles. The van der Waals surface area contributed by atoms with Crippen LogP contribution in [0.25, 0.3) is 0 Å². The summed E-state index contributed by atoms with van der Waals surface area (Å²) in [6, 6.07) is 20.2. The first kappa shape index (κ1) is 12.9. The van der Waals surface area contributed by atoms with E-state index in [4.69, 9.17) is 14.5 Å². The summed E-state index contributed by atoms with van der Waals surface area (Å²) < 4.78 is 11.2. The van der Waals surface area contributed by atoms with E-state index in [0.29, 0.717) is 12.5 Å². The SMILES string of the molecule is COC[C@@H]1OC(c2ccccc2)=N[C@H]1c1ccccc1. The van der Waals surface area contributed by atoms with Crippen LogP contribution in [0, 0.1) is 0 Å². The van der Waals surface area contributed by atoms with E-state index in [2.05, 4.69) is 12.1 Å². The summed E-state index contributed by atoms with van der Waals surface area (Å²) in [6.45, 7) is 0.527. The van der Waals surface area contributed by atoms with E-state index in [-0.39, 0.29) is 12.1 Å². The minimum absolute atomic E-state index is 0.00800. The molecule has 0 radical (unpaired) electrons. The molecule has 3 rings (SSSR count). The van der Waals surface area contributed by atoms with Gasteiger partial charge in [0.15, 0.2) is 6.10 Å². The first-order chi connectivity index (χ1) is 9.88. The van der Waals surface area contributed by atoms with Gasteiger partial charge in [-0.15, -0.1) is 0 Å². The number of hydrogen-bond acceptors (Lipinski definition) is 3. The van der Waals surface area contributed by atoms with E-state index < -0.39 is 0 Å². The van der Waals surface area contributed by atoms with Crippen molar-refractivity contribution >= 4 is 5.90 Å². The smallest absolute Gasteiger partial charge is 0.217 e. The minimum atomic E-state index is -0.0717. The van der Waals surface area contributed by atoms with Crippen LogP contribution >= 0.6 is 0 Å². The van der Waals surface area contributed by atoms with Gasteiger partial charge in [-0.25, -0.2) is 4.99 Å². The molecule has 0 saturated carbocycles. The van der Waals surface area contributed by atoms with Crippen molar-refractivity contribution in [3.05, 3.63) is 71.8 Å². The van der Waals surface area contributed by atoms with Crippen LogP contribution in [-0.2, 0) is 9.47 Å². The summed E-state index contributed by atoms with van der Waals surface area (Å²) in [5.41, 5.74) is 2.16. The predicted molar refractivity (Wildman–Crippen MR) is 78.9 cm³/mol. The van der Waals surface area contributed by atoms with Crippen LogP contribution in [-0.4, -0.2) is 25.7 Å². The largest absolute Gasteiger partial charge is 0.469 e. The van der Waals surface area contributed by atoms with Crippen LogP contribution < -0.4 is 0 Å². The van der Waals surface area contributed by atoms with Gasteiger partial charge in [-0.1, -0.05) is 48.5 Å². The van der Waals surface area contributed by atoms with Crippen LogP contribution in [0.15, 0.2) is 65.7 Å². The molecule has 2 aromatic carbocycles. The topological polar surface area (TPSA) is 30.8 Å². The summed E-state index contributed by atoms with van der Waals surface area (Å²) in [7, 11) is 1.69. The van der Waals surface area contributed by atoms with Gasteiger partial charge in [-0.05, 0) is 17.7 Å². The van der Waals surface area contributed by atoms with Crippen LogP contribution in [0.1, 0.15) is 17.2 Å². The molecule has 1 aliphatic rings. The Kier molecular flexibility index (Phi) is 3.79. The second kappa shape index (κ2) is 5.88. The summed E-state index contributed by atoms with van der Waals surface area (Å²) in [5.74, 6) is 0.696. The molecule has 20 heavy (non-hydrogen) atoms. The first-order valence-corrected chi connectivity index (χ1v) is 6.72. The average Bonchev–Trinajstić information content (AvgIpc) is 2.94. The first-order valence-electron chi connectivity index (χ1n) is 6.72. The molecule has 0 spiro atoms. The zero-order valence-corrected chi connectivity index (χ0v) is 11.4. The van der Waals surface area contributed by atoms with E-state index >= 15 is 0 Å². The summed E-state index contributed by atoms with van der Waals surface area (Å²) in [4.78, 5) is 4.74. The van der Waals surface area contributed by atoms with E-state index in [0.717, 1.165) is 11.1 Å². The molecule has 0 unspecified atom stereocenters. The lowest BCUT2D eigenvalue weighted by atomic mass is 10.0. The molecule has 0 bridgehead atoms. The number of ether oxygens (including phenoxy) is 2. The Hall–Kier alpha value is -2.13. The Labute approximate surface area is 118 Å². The lowest BCUT2D eigenvalue weighted by Gasteiger charge is -2.16. The zero-order valence-electron chi connectivity index (χ0n) is 11.4. The van der Waals surface area contributed by atoms with E-state index in [1.807, 2.05) is 48.5 Å². The summed E-state index contributed by atoms with van der Waals surface area (Å²) >= 11 is 0. The average molecular weight is 267 g/mol. The standard InChI is InChI=1S/C17H17NO2/c1-19-12-15-16(13-8-4-2-5-9-13)18-17(20-15)14-10-6-3-7-11-14/h2-11,15-16H,12H2,1H3/t15-,16-/m0/s1. The van der Waals surface area contributed by atoms with Gasteiger partial charge in [0.25, 0.3) is 0 Å². The molecule has 0 saturated heterocycles. The van der Waals surface area contributed by atoms with Gasteiger partial charge >= 0.3 is 0 Å². The highest BCUT2D eigenvalue weighted by atomic mass is 16.5. The normalized spacial score (nSPS) is 21.4. The number of rotatable bonds is 4. The van der Waals surface area contributed by atoms with Gasteiger partial charge in [0.2, 0.25) is 5.90 Å². The van der Waals surface area contributed by atoms with Gasteiger partial charge in [0, 0.05) is 12.7 Å². The van der Waals surface area contributed by atoms with Crippen molar-refractivity contribution in [1.82, 2.24) is 0 Å². The van der Waals surface area contributed by atoms with Crippen molar-refractivity contribution in [3.63, 3.8) is 0 Å².